The van der Waals surface area contributed by atoms with E-state index in [1.165, 1.54) is 0 Å². The number of hydrogen-bond acceptors (Lipinski definition) is 3. The Bertz CT molecular complexity index is 337. The molecule has 0 fully saturated rings. The van der Waals surface area contributed by atoms with Gasteiger partial charge in [-0.2, -0.15) is 0 Å². The number of nitrogens with zero attached hydrogens (tertiary/aromatic N) is 3. The highest BCUT2D eigenvalue weighted by molar-refractivity contribution is 5.62. The van der Waals surface area contributed by atoms with Crippen molar-refractivity contribution < 1.29 is 9.90 Å². The molecule has 0 aliphatic heterocycles. The van der Waals surface area contributed by atoms with Crippen molar-refractivity contribution in [1.82, 2.24) is 0 Å². The van der Waals surface area contributed by atoms with Gasteiger partial charge in [-0.05, 0) is 17.7 Å². The molecular formula is C8H10N4O2. The van der Waals surface area contributed by atoms with Crippen LogP contribution >= 0.6 is 0 Å². The van der Waals surface area contributed by atoms with E-state index in [1.54, 1.807) is 24.3 Å². The van der Waals surface area contributed by atoms with E-state index in [1.807, 2.05) is 0 Å². The van der Waals surface area contributed by atoms with Crippen molar-refractivity contribution in [3.05, 3.63) is 34.7 Å². The highest BCUT2D eigenvalue weighted by Gasteiger charge is 1.84. The quantitative estimate of drug-likeness (QED) is 0.309. The minimum atomic E-state index is -0.833. The molecular weight excluding hydrogens is 184 g/mol. The van der Waals surface area contributed by atoms with Crippen LogP contribution in [0.5, 0.6) is 0 Å². The van der Waals surface area contributed by atoms with Gasteiger partial charge in [0, 0.05) is 23.2 Å². The van der Waals surface area contributed by atoms with E-state index in [4.69, 9.17) is 21.2 Å². The SMILES string of the molecule is CC(=O)O.[N-]=[N+]=Nc1ccc(N)cc1. The van der Waals surface area contributed by atoms with E-state index in [0.717, 1.165) is 6.92 Å². The number of hydrogen-bond donors (Lipinski definition) is 2. The first-order valence-electron chi connectivity index (χ1n) is 3.66. The van der Waals surface area contributed by atoms with Crippen LogP contribution in [0.25, 0.3) is 10.4 Å². The van der Waals surface area contributed by atoms with Gasteiger partial charge in [0.25, 0.3) is 5.97 Å². The maximum Gasteiger partial charge on any atom is 0.300 e. The zero-order valence-electron chi connectivity index (χ0n) is 7.58. The molecule has 74 valence electrons. The van der Waals surface area contributed by atoms with E-state index in [-0.39, 0.29) is 0 Å². The molecule has 0 atom stereocenters. The minimum absolute atomic E-state index is 0.580. The van der Waals surface area contributed by atoms with Crippen LogP contribution < -0.4 is 5.73 Å². The summed E-state index contributed by atoms with van der Waals surface area (Å²) in [4.78, 5) is 11.6. The molecule has 0 heterocycles. The summed E-state index contributed by atoms with van der Waals surface area (Å²) in [7, 11) is 0. The lowest BCUT2D eigenvalue weighted by Crippen LogP contribution is -1.80. The Morgan fingerprint density at radius 1 is 1.50 bits per heavy atom. The van der Waals surface area contributed by atoms with Gasteiger partial charge in [-0.15, -0.1) is 0 Å². The Morgan fingerprint density at radius 2 is 1.93 bits per heavy atom. The maximum atomic E-state index is 9.00. The Balaban J connectivity index is 0.000000364. The predicted molar refractivity (Wildman–Crippen MR) is 53.0 cm³/mol. The first-order valence-corrected chi connectivity index (χ1v) is 3.66. The summed E-state index contributed by atoms with van der Waals surface area (Å²) in [5, 5.41) is 10.8. The van der Waals surface area contributed by atoms with Gasteiger partial charge in [-0.3, -0.25) is 4.79 Å². The van der Waals surface area contributed by atoms with Crippen LogP contribution in [0, 0.1) is 0 Å². The molecule has 6 nitrogen and oxygen atoms in total. The van der Waals surface area contributed by atoms with E-state index in [9.17, 15) is 0 Å². The van der Waals surface area contributed by atoms with Crippen LogP contribution in [-0.2, 0) is 4.79 Å². The summed E-state index contributed by atoms with van der Waals surface area (Å²) in [6.07, 6.45) is 0. The van der Waals surface area contributed by atoms with Crippen LogP contribution in [0.15, 0.2) is 29.4 Å². The van der Waals surface area contributed by atoms with Gasteiger partial charge < -0.3 is 10.8 Å². The normalized spacial score (nSPS) is 7.79. The number of carboxylic acids is 1. The van der Waals surface area contributed by atoms with Gasteiger partial charge in [-0.25, -0.2) is 0 Å². The lowest BCUT2D eigenvalue weighted by atomic mass is 10.3. The summed E-state index contributed by atoms with van der Waals surface area (Å²) < 4.78 is 0. The molecule has 0 aliphatic carbocycles. The van der Waals surface area contributed by atoms with E-state index in [0.29, 0.717) is 11.4 Å². The van der Waals surface area contributed by atoms with Crippen LogP contribution in [0.2, 0.25) is 0 Å². The molecule has 0 radical (unpaired) electrons. The summed E-state index contributed by atoms with van der Waals surface area (Å²) in [5.41, 5.74) is 14.6. The van der Waals surface area contributed by atoms with Gasteiger partial charge >= 0.3 is 0 Å². The summed E-state index contributed by atoms with van der Waals surface area (Å²) in [5.74, 6) is -0.833. The fourth-order valence-electron chi connectivity index (χ4n) is 0.593. The Labute approximate surface area is 80.6 Å². The molecule has 0 spiro atoms. The third kappa shape index (κ3) is 6.51. The molecule has 1 aromatic rings. The smallest absolute Gasteiger partial charge is 0.300 e. The van der Waals surface area contributed by atoms with E-state index < -0.39 is 5.97 Å². The molecule has 0 amide bonds. The maximum absolute atomic E-state index is 9.00. The molecule has 6 heteroatoms. The van der Waals surface area contributed by atoms with Crippen LogP contribution in [-0.4, -0.2) is 11.1 Å². The molecule has 0 unspecified atom stereocenters. The van der Waals surface area contributed by atoms with Gasteiger partial charge in [0.05, 0.1) is 0 Å². The molecule has 0 saturated heterocycles. The zero-order chi connectivity index (χ0) is 11.0. The largest absolute Gasteiger partial charge is 0.481 e. The Morgan fingerprint density at radius 3 is 2.29 bits per heavy atom. The van der Waals surface area contributed by atoms with Crippen LogP contribution in [0.3, 0.4) is 0 Å². The lowest BCUT2D eigenvalue weighted by molar-refractivity contribution is -0.134. The van der Waals surface area contributed by atoms with E-state index >= 15 is 0 Å². The lowest BCUT2D eigenvalue weighted by Gasteiger charge is -1.90. The monoisotopic (exact) mass is 194 g/mol. The number of benzene rings is 1. The van der Waals surface area contributed by atoms with Crippen molar-refractivity contribution in [2.75, 3.05) is 5.73 Å². The highest BCUT2D eigenvalue weighted by Crippen LogP contribution is 2.13. The van der Waals surface area contributed by atoms with Crippen molar-refractivity contribution >= 4 is 17.3 Å². The second kappa shape index (κ2) is 6.33. The van der Waals surface area contributed by atoms with Crippen molar-refractivity contribution in [2.45, 2.75) is 6.92 Å². The van der Waals surface area contributed by atoms with Gasteiger partial charge in [0.15, 0.2) is 0 Å². The summed E-state index contributed by atoms with van der Waals surface area (Å²) >= 11 is 0. The Hall–Kier alpha value is -2.20. The van der Waals surface area contributed by atoms with Gasteiger partial charge in [0.2, 0.25) is 0 Å². The third-order valence-corrected chi connectivity index (χ3v) is 1.05. The molecule has 14 heavy (non-hydrogen) atoms. The number of azide groups is 1. The average Bonchev–Trinajstić information content (AvgIpc) is 2.08. The standard InChI is InChI=1S/C6H6N4.C2H4O2/c7-5-1-3-6(4-2-5)9-10-8;1-2(3)4/h1-4H,7H2;1H3,(H,3,4). The average molecular weight is 194 g/mol. The molecule has 0 saturated carbocycles. The zero-order valence-corrected chi connectivity index (χ0v) is 7.58. The topological polar surface area (TPSA) is 112 Å². The molecule has 0 aromatic heterocycles. The number of carboxylic acid groups (broad SMARTS) is 1. The number of aliphatic carboxylic acids is 1. The second-order valence-corrected chi connectivity index (χ2v) is 2.30. The predicted octanol–water partition coefficient (Wildman–Crippen LogP) is 2.30. The molecule has 1 rings (SSSR count). The van der Waals surface area contributed by atoms with Crippen molar-refractivity contribution in [2.24, 2.45) is 5.11 Å². The number of nitrogen functional groups attached to an aromatic ring is 1. The van der Waals surface area contributed by atoms with Crippen molar-refractivity contribution in [1.29, 1.82) is 0 Å². The van der Waals surface area contributed by atoms with Crippen molar-refractivity contribution in [3.63, 3.8) is 0 Å². The number of anilines is 1. The van der Waals surface area contributed by atoms with Crippen LogP contribution in [0.4, 0.5) is 11.4 Å². The molecule has 0 bridgehead atoms. The third-order valence-electron chi connectivity index (χ3n) is 1.05. The Kier molecular flexibility index (Phi) is 5.34. The number of rotatable bonds is 1. The minimum Gasteiger partial charge on any atom is -0.481 e. The molecule has 3 N–H and O–H groups in total. The number of nitrogens with two attached hydrogens (primary N) is 1. The van der Waals surface area contributed by atoms with E-state index in [2.05, 4.69) is 10.0 Å². The fourth-order valence-corrected chi connectivity index (χ4v) is 0.593. The van der Waals surface area contributed by atoms with Crippen LogP contribution in [0.1, 0.15) is 6.92 Å². The molecule has 0 aliphatic rings. The van der Waals surface area contributed by atoms with Crippen molar-refractivity contribution in [3.8, 4) is 0 Å². The highest BCUT2D eigenvalue weighted by atomic mass is 16.4. The first kappa shape index (κ1) is 11.8. The van der Waals surface area contributed by atoms with Gasteiger partial charge in [0.1, 0.15) is 0 Å². The fraction of sp³-hybridized carbons (Fsp3) is 0.125. The number of carbonyl (C=O) groups is 1. The van der Waals surface area contributed by atoms with Gasteiger partial charge in [-0.1, -0.05) is 17.2 Å². The first-order chi connectivity index (χ1) is 6.56. The summed E-state index contributed by atoms with van der Waals surface area (Å²) in [6, 6.07) is 6.69. The molecule has 1 aromatic carbocycles. The second-order valence-electron chi connectivity index (χ2n) is 2.30. The summed E-state index contributed by atoms with van der Waals surface area (Å²) in [6.45, 7) is 1.08.